The Kier molecular flexibility index (Phi) is 6.15. The predicted octanol–water partition coefficient (Wildman–Crippen LogP) is 4.53. The van der Waals surface area contributed by atoms with Gasteiger partial charge in [0, 0.05) is 21.9 Å². The summed E-state index contributed by atoms with van der Waals surface area (Å²) in [5.74, 6) is 0.320. The van der Waals surface area contributed by atoms with E-state index in [0.717, 1.165) is 29.7 Å². The van der Waals surface area contributed by atoms with Crippen LogP contribution in [-0.2, 0) is 22.4 Å². The minimum atomic E-state index is -0.323. The Morgan fingerprint density at radius 3 is 2.80 bits per heavy atom. The smallest absolute Gasteiger partial charge is 0.341 e. The predicted molar refractivity (Wildman–Crippen MR) is 103 cm³/mol. The van der Waals surface area contributed by atoms with Crippen LogP contribution in [0, 0.1) is 0 Å². The molecule has 132 valence electrons. The number of esters is 1. The highest BCUT2D eigenvalue weighted by Crippen LogP contribution is 2.39. The van der Waals surface area contributed by atoms with Crippen LogP contribution >= 0.6 is 23.1 Å². The van der Waals surface area contributed by atoms with Gasteiger partial charge in [-0.2, -0.15) is 0 Å². The molecular formula is C19H21NO3S2. The quantitative estimate of drug-likeness (QED) is 0.570. The van der Waals surface area contributed by atoms with Crippen molar-refractivity contribution in [3.05, 3.63) is 46.3 Å². The minimum Gasteiger partial charge on any atom is -0.462 e. The van der Waals surface area contributed by atoms with Crippen LogP contribution in [0.1, 0.15) is 40.6 Å². The Bertz CT molecular complexity index is 756. The molecule has 4 nitrogen and oxygen atoms in total. The molecule has 3 rings (SSSR count). The van der Waals surface area contributed by atoms with E-state index in [2.05, 4.69) is 5.32 Å². The Hall–Kier alpha value is -1.79. The van der Waals surface area contributed by atoms with Crippen molar-refractivity contribution in [2.45, 2.75) is 37.5 Å². The van der Waals surface area contributed by atoms with Crippen molar-refractivity contribution in [2.24, 2.45) is 0 Å². The van der Waals surface area contributed by atoms with E-state index < -0.39 is 0 Å². The molecule has 0 saturated carbocycles. The van der Waals surface area contributed by atoms with Crippen molar-refractivity contribution in [3.63, 3.8) is 0 Å². The first kappa shape index (κ1) is 18.0. The molecule has 0 fully saturated rings. The molecular weight excluding hydrogens is 354 g/mol. The number of thioether (sulfide) groups is 1. The second-order valence-electron chi connectivity index (χ2n) is 5.74. The topological polar surface area (TPSA) is 55.4 Å². The summed E-state index contributed by atoms with van der Waals surface area (Å²) < 4.78 is 5.19. The first-order valence-corrected chi connectivity index (χ1v) is 10.3. The minimum absolute atomic E-state index is 0.0612. The number of amides is 1. The maximum absolute atomic E-state index is 12.3. The summed E-state index contributed by atoms with van der Waals surface area (Å²) in [7, 11) is 0. The number of carbonyl (C=O) groups is 2. The zero-order valence-electron chi connectivity index (χ0n) is 14.2. The number of fused-ring (bicyclic) bond motifs is 1. The third-order valence-corrected chi connectivity index (χ3v) is 6.22. The molecule has 1 aromatic carbocycles. The van der Waals surface area contributed by atoms with Crippen LogP contribution in [0.4, 0.5) is 5.00 Å². The maximum Gasteiger partial charge on any atom is 0.341 e. The number of ether oxygens (including phenoxy) is 1. The molecule has 0 aliphatic heterocycles. The second-order valence-corrected chi connectivity index (χ2v) is 8.02. The number of hydrogen-bond acceptors (Lipinski definition) is 5. The lowest BCUT2D eigenvalue weighted by Gasteiger charge is -2.08. The Morgan fingerprint density at radius 2 is 2.04 bits per heavy atom. The molecule has 2 aromatic rings. The lowest BCUT2D eigenvalue weighted by atomic mass is 10.1. The van der Waals surface area contributed by atoms with Gasteiger partial charge in [0.05, 0.1) is 12.2 Å². The molecule has 1 aliphatic rings. The molecule has 0 bridgehead atoms. The van der Waals surface area contributed by atoms with Crippen molar-refractivity contribution < 1.29 is 14.3 Å². The van der Waals surface area contributed by atoms with E-state index >= 15 is 0 Å². The summed E-state index contributed by atoms with van der Waals surface area (Å²) in [5, 5.41) is 3.58. The molecule has 1 heterocycles. The summed E-state index contributed by atoms with van der Waals surface area (Å²) in [6, 6.07) is 10.0. The number of thiophene rings is 1. The average Bonchev–Trinajstić information content (AvgIpc) is 3.16. The summed E-state index contributed by atoms with van der Waals surface area (Å²) >= 11 is 3.17. The van der Waals surface area contributed by atoms with Crippen molar-refractivity contribution in [1.82, 2.24) is 0 Å². The third-order valence-electron chi connectivity index (χ3n) is 3.99. The van der Waals surface area contributed by atoms with Gasteiger partial charge < -0.3 is 10.1 Å². The fraction of sp³-hybridized carbons (Fsp3) is 0.368. The van der Waals surface area contributed by atoms with E-state index in [4.69, 9.17) is 4.74 Å². The molecule has 0 spiro atoms. The number of rotatable bonds is 7. The summed E-state index contributed by atoms with van der Waals surface area (Å²) in [4.78, 5) is 26.9. The standard InChI is InChI=1S/C19H21NO3S2/c1-2-23-19(22)17-14-9-6-10-15(14)25-18(17)20-16(21)11-12-24-13-7-4-3-5-8-13/h3-5,7-8H,2,6,9-12H2,1H3,(H,20,21). The van der Waals surface area contributed by atoms with Crippen molar-refractivity contribution in [1.29, 1.82) is 0 Å². The van der Waals surface area contributed by atoms with Crippen LogP contribution in [0.5, 0.6) is 0 Å². The van der Waals surface area contributed by atoms with Crippen molar-refractivity contribution >= 4 is 40.0 Å². The van der Waals surface area contributed by atoms with Crippen LogP contribution in [0.25, 0.3) is 0 Å². The molecule has 0 unspecified atom stereocenters. The van der Waals surface area contributed by atoms with Gasteiger partial charge >= 0.3 is 5.97 Å². The van der Waals surface area contributed by atoms with Gasteiger partial charge in [0.15, 0.2) is 0 Å². The number of benzene rings is 1. The van der Waals surface area contributed by atoms with E-state index in [-0.39, 0.29) is 11.9 Å². The molecule has 0 atom stereocenters. The molecule has 6 heteroatoms. The van der Waals surface area contributed by atoms with Crippen LogP contribution < -0.4 is 5.32 Å². The monoisotopic (exact) mass is 375 g/mol. The van der Waals surface area contributed by atoms with Gasteiger partial charge in [-0.05, 0) is 43.9 Å². The first-order chi connectivity index (χ1) is 12.2. The lowest BCUT2D eigenvalue weighted by molar-refractivity contribution is -0.115. The second kappa shape index (κ2) is 8.54. The largest absolute Gasteiger partial charge is 0.462 e. The third kappa shape index (κ3) is 4.44. The molecule has 0 radical (unpaired) electrons. The fourth-order valence-electron chi connectivity index (χ4n) is 2.88. The lowest BCUT2D eigenvalue weighted by Crippen LogP contribution is -2.15. The van der Waals surface area contributed by atoms with E-state index in [1.165, 1.54) is 16.2 Å². The molecule has 1 aliphatic carbocycles. The zero-order valence-corrected chi connectivity index (χ0v) is 15.8. The van der Waals surface area contributed by atoms with Gasteiger partial charge in [-0.25, -0.2) is 4.79 Å². The molecule has 0 saturated heterocycles. The number of aryl methyl sites for hydroxylation is 1. The molecule has 1 aromatic heterocycles. The van der Waals surface area contributed by atoms with Gasteiger partial charge in [-0.15, -0.1) is 23.1 Å². The summed E-state index contributed by atoms with van der Waals surface area (Å²) in [5.41, 5.74) is 1.64. The zero-order chi connectivity index (χ0) is 17.6. The number of anilines is 1. The number of carbonyl (C=O) groups excluding carboxylic acids is 2. The fourth-order valence-corrected chi connectivity index (χ4v) is 5.05. The van der Waals surface area contributed by atoms with E-state index in [1.807, 2.05) is 30.3 Å². The van der Waals surface area contributed by atoms with Gasteiger partial charge in [-0.1, -0.05) is 18.2 Å². The molecule has 25 heavy (non-hydrogen) atoms. The van der Waals surface area contributed by atoms with Gasteiger partial charge in [-0.3, -0.25) is 4.79 Å². The van der Waals surface area contributed by atoms with E-state index in [0.29, 0.717) is 29.3 Å². The van der Waals surface area contributed by atoms with Crippen LogP contribution in [0.15, 0.2) is 35.2 Å². The highest BCUT2D eigenvalue weighted by molar-refractivity contribution is 7.99. The Labute approximate surface area is 156 Å². The van der Waals surface area contributed by atoms with Crippen molar-refractivity contribution in [3.8, 4) is 0 Å². The van der Waals surface area contributed by atoms with Gasteiger partial charge in [0.1, 0.15) is 5.00 Å². The van der Waals surface area contributed by atoms with Crippen LogP contribution in [0.2, 0.25) is 0 Å². The van der Waals surface area contributed by atoms with E-state index in [1.54, 1.807) is 18.7 Å². The normalized spacial score (nSPS) is 12.7. The van der Waals surface area contributed by atoms with Crippen LogP contribution in [-0.4, -0.2) is 24.2 Å². The van der Waals surface area contributed by atoms with Gasteiger partial charge in [0.2, 0.25) is 5.91 Å². The summed E-state index contributed by atoms with van der Waals surface area (Å²) in [6.45, 7) is 2.13. The SMILES string of the molecule is CCOC(=O)c1c(NC(=O)CCSc2ccccc2)sc2c1CCC2. The maximum atomic E-state index is 12.3. The number of nitrogens with one attached hydrogen (secondary N) is 1. The number of hydrogen-bond donors (Lipinski definition) is 1. The highest BCUT2D eigenvalue weighted by atomic mass is 32.2. The summed E-state index contributed by atoms with van der Waals surface area (Å²) in [6.07, 6.45) is 3.34. The van der Waals surface area contributed by atoms with E-state index in [9.17, 15) is 9.59 Å². The average molecular weight is 376 g/mol. The Morgan fingerprint density at radius 1 is 1.24 bits per heavy atom. The van der Waals surface area contributed by atoms with Crippen molar-refractivity contribution in [2.75, 3.05) is 17.7 Å². The van der Waals surface area contributed by atoms with Gasteiger partial charge in [0.25, 0.3) is 0 Å². The highest BCUT2D eigenvalue weighted by Gasteiger charge is 2.28. The first-order valence-electron chi connectivity index (χ1n) is 8.48. The van der Waals surface area contributed by atoms with Crippen LogP contribution in [0.3, 0.4) is 0 Å². The Balaban J connectivity index is 1.62. The molecule has 1 amide bonds. The molecule has 1 N–H and O–H groups in total.